The molecule has 0 spiro atoms. The van der Waals surface area contributed by atoms with Gasteiger partial charge in [-0.2, -0.15) is 11.8 Å². The number of carboxylic acids is 1. The average Bonchev–Trinajstić information content (AvgIpc) is 2.43. The highest BCUT2D eigenvalue weighted by Crippen LogP contribution is 2.31. The van der Waals surface area contributed by atoms with Crippen molar-refractivity contribution in [2.45, 2.75) is 25.5 Å². The molecule has 0 unspecified atom stereocenters. The number of hydrogen-bond acceptors (Lipinski definition) is 3. The van der Waals surface area contributed by atoms with Crippen molar-refractivity contribution < 1.29 is 9.90 Å². The summed E-state index contributed by atoms with van der Waals surface area (Å²) in [6, 6.07) is 5.96. The van der Waals surface area contributed by atoms with Crippen LogP contribution in [0.5, 0.6) is 0 Å². The van der Waals surface area contributed by atoms with Crippen LogP contribution in [0, 0.1) is 0 Å². The standard InChI is InChI=1S/C15H15NO2S/c1-2-9-3-4-12-10(7-9)14(15(17)18)11-8-19-6-5-13(11)16-12/h3-4,7H,2,5-6,8H2,1H3,(H,17,18). The van der Waals surface area contributed by atoms with E-state index in [1.807, 2.05) is 18.2 Å². The van der Waals surface area contributed by atoms with E-state index in [0.717, 1.165) is 52.1 Å². The summed E-state index contributed by atoms with van der Waals surface area (Å²) >= 11 is 1.78. The molecule has 4 heteroatoms. The minimum Gasteiger partial charge on any atom is -0.478 e. The van der Waals surface area contributed by atoms with E-state index in [1.165, 1.54) is 0 Å². The van der Waals surface area contributed by atoms with Crippen LogP contribution in [0.4, 0.5) is 0 Å². The smallest absolute Gasteiger partial charge is 0.336 e. The van der Waals surface area contributed by atoms with E-state index in [4.69, 9.17) is 0 Å². The van der Waals surface area contributed by atoms with Gasteiger partial charge in [-0.15, -0.1) is 0 Å². The van der Waals surface area contributed by atoms with Crippen LogP contribution >= 0.6 is 11.8 Å². The molecule has 2 aromatic rings. The zero-order valence-corrected chi connectivity index (χ0v) is 11.6. The van der Waals surface area contributed by atoms with Gasteiger partial charge in [0.1, 0.15) is 0 Å². The summed E-state index contributed by atoms with van der Waals surface area (Å²) in [6.07, 6.45) is 1.77. The van der Waals surface area contributed by atoms with Gasteiger partial charge in [0, 0.05) is 16.8 Å². The lowest BCUT2D eigenvalue weighted by atomic mass is 9.98. The molecule has 2 heterocycles. The van der Waals surface area contributed by atoms with Crippen LogP contribution in [0.25, 0.3) is 10.9 Å². The summed E-state index contributed by atoms with van der Waals surface area (Å²) in [5.41, 5.74) is 4.31. The maximum absolute atomic E-state index is 11.6. The van der Waals surface area contributed by atoms with Crippen LogP contribution in [0.1, 0.15) is 34.1 Å². The first kappa shape index (κ1) is 12.5. The molecular formula is C15H15NO2S. The van der Waals surface area contributed by atoms with E-state index in [-0.39, 0.29) is 0 Å². The number of fused-ring (bicyclic) bond motifs is 2. The van der Waals surface area contributed by atoms with Gasteiger partial charge in [0.15, 0.2) is 0 Å². The van der Waals surface area contributed by atoms with Gasteiger partial charge in [0.25, 0.3) is 0 Å². The third-order valence-corrected chi connectivity index (χ3v) is 4.57. The number of benzene rings is 1. The van der Waals surface area contributed by atoms with E-state index < -0.39 is 5.97 Å². The van der Waals surface area contributed by atoms with Gasteiger partial charge in [-0.3, -0.25) is 4.98 Å². The molecule has 0 saturated heterocycles. The molecule has 0 amide bonds. The van der Waals surface area contributed by atoms with Crippen molar-refractivity contribution in [2.24, 2.45) is 0 Å². The Hall–Kier alpha value is -1.55. The van der Waals surface area contributed by atoms with Crippen molar-refractivity contribution in [1.29, 1.82) is 0 Å². The van der Waals surface area contributed by atoms with Crippen molar-refractivity contribution >= 4 is 28.6 Å². The largest absolute Gasteiger partial charge is 0.478 e. The third kappa shape index (κ3) is 2.10. The highest BCUT2D eigenvalue weighted by atomic mass is 32.2. The summed E-state index contributed by atoms with van der Waals surface area (Å²) in [4.78, 5) is 16.3. The van der Waals surface area contributed by atoms with Crippen molar-refractivity contribution in [3.8, 4) is 0 Å². The number of thioether (sulfide) groups is 1. The topological polar surface area (TPSA) is 50.2 Å². The molecule has 19 heavy (non-hydrogen) atoms. The number of aromatic carboxylic acids is 1. The predicted molar refractivity (Wildman–Crippen MR) is 77.9 cm³/mol. The molecule has 1 aromatic heterocycles. The summed E-state index contributed by atoms with van der Waals surface area (Å²) in [6.45, 7) is 2.07. The number of carbonyl (C=O) groups is 1. The number of aromatic nitrogens is 1. The fourth-order valence-electron chi connectivity index (χ4n) is 2.57. The summed E-state index contributed by atoms with van der Waals surface area (Å²) in [5.74, 6) is 0.952. The second kappa shape index (κ2) is 4.85. The molecule has 1 aromatic carbocycles. The van der Waals surface area contributed by atoms with Crippen molar-refractivity contribution in [2.75, 3.05) is 5.75 Å². The molecule has 0 bridgehead atoms. The van der Waals surface area contributed by atoms with Crippen molar-refractivity contribution in [1.82, 2.24) is 4.98 Å². The van der Waals surface area contributed by atoms with Crippen LogP contribution < -0.4 is 0 Å². The molecule has 98 valence electrons. The molecule has 1 N–H and O–H groups in total. The predicted octanol–water partition coefficient (Wildman–Crippen LogP) is 3.28. The average molecular weight is 273 g/mol. The van der Waals surface area contributed by atoms with E-state index >= 15 is 0 Å². The summed E-state index contributed by atoms with van der Waals surface area (Å²) in [7, 11) is 0. The van der Waals surface area contributed by atoms with Crippen LogP contribution in [-0.4, -0.2) is 21.8 Å². The van der Waals surface area contributed by atoms with Gasteiger partial charge in [0.05, 0.1) is 11.1 Å². The first-order valence-corrected chi connectivity index (χ1v) is 7.61. The van der Waals surface area contributed by atoms with E-state index in [1.54, 1.807) is 11.8 Å². The zero-order chi connectivity index (χ0) is 13.4. The molecule has 0 fully saturated rings. The quantitative estimate of drug-likeness (QED) is 0.912. The van der Waals surface area contributed by atoms with Crippen molar-refractivity contribution in [3.05, 3.63) is 40.6 Å². The number of rotatable bonds is 2. The fourth-order valence-corrected chi connectivity index (χ4v) is 3.57. The molecule has 1 aliphatic rings. The fraction of sp³-hybridized carbons (Fsp3) is 0.333. The Labute approximate surface area is 116 Å². The van der Waals surface area contributed by atoms with Gasteiger partial charge in [-0.25, -0.2) is 4.79 Å². The van der Waals surface area contributed by atoms with Gasteiger partial charge in [-0.05, 0) is 41.9 Å². The third-order valence-electron chi connectivity index (χ3n) is 3.59. The Morgan fingerprint density at radius 1 is 1.47 bits per heavy atom. The number of carboxylic acid groups (broad SMARTS) is 1. The molecule has 0 radical (unpaired) electrons. The lowest BCUT2D eigenvalue weighted by molar-refractivity contribution is 0.0698. The van der Waals surface area contributed by atoms with Gasteiger partial charge >= 0.3 is 5.97 Å². The maximum atomic E-state index is 11.6. The Morgan fingerprint density at radius 2 is 2.32 bits per heavy atom. The van der Waals surface area contributed by atoms with Crippen molar-refractivity contribution in [3.63, 3.8) is 0 Å². The molecule has 0 aliphatic carbocycles. The molecule has 0 saturated carbocycles. The van der Waals surface area contributed by atoms with Gasteiger partial charge in [0.2, 0.25) is 0 Å². The van der Waals surface area contributed by atoms with E-state index in [9.17, 15) is 9.90 Å². The SMILES string of the molecule is CCc1ccc2nc3c(c(C(=O)O)c2c1)CSCC3. The zero-order valence-electron chi connectivity index (χ0n) is 10.8. The number of nitrogens with zero attached hydrogens (tertiary/aromatic N) is 1. The summed E-state index contributed by atoms with van der Waals surface area (Å²) < 4.78 is 0. The molecule has 1 aliphatic heterocycles. The Kier molecular flexibility index (Phi) is 3.19. The number of pyridine rings is 1. The first-order chi connectivity index (χ1) is 9.20. The monoisotopic (exact) mass is 273 g/mol. The molecule has 3 rings (SSSR count). The summed E-state index contributed by atoms with van der Waals surface area (Å²) in [5, 5.41) is 10.4. The second-order valence-corrected chi connectivity index (χ2v) is 5.83. The normalized spacial score (nSPS) is 14.4. The lowest BCUT2D eigenvalue weighted by Crippen LogP contribution is -2.13. The highest BCUT2D eigenvalue weighted by molar-refractivity contribution is 7.98. The second-order valence-electron chi connectivity index (χ2n) is 4.72. The minimum absolute atomic E-state index is 0.461. The van der Waals surface area contributed by atoms with Crippen LogP contribution in [-0.2, 0) is 18.6 Å². The van der Waals surface area contributed by atoms with Gasteiger partial charge < -0.3 is 5.11 Å². The van der Waals surface area contributed by atoms with Crippen LogP contribution in [0.2, 0.25) is 0 Å². The van der Waals surface area contributed by atoms with Crippen LogP contribution in [0.15, 0.2) is 18.2 Å². The maximum Gasteiger partial charge on any atom is 0.336 e. The number of hydrogen-bond donors (Lipinski definition) is 1. The van der Waals surface area contributed by atoms with Gasteiger partial charge in [-0.1, -0.05) is 13.0 Å². The number of aryl methyl sites for hydroxylation is 2. The Morgan fingerprint density at radius 3 is 3.05 bits per heavy atom. The van der Waals surface area contributed by atoms with Crippen LogP contribution in [0.3, 0.4) is 0 Å². The lowest BCUT2D eigenvalue weighted by Gasteiger charge is -2.18. The molecular weight excluding hydrogens is 258 g/mol. The molecule has 0 atom stereocenters. The Balaban J connectivity index is 2.36. The minimum atomic E-state index is -0.834. The van der Waals surface area contributed by atoms with E-state index in [0.29, 0.717) is 5.56 Å². The Bertz CT molecular complexity index is 667. The van der Waals surface area contributed by atoms with E-state index in [2.05, 4.69) is 11.9 Å². The highest BCUT2D eigenvalue weighted by Gasteiger charge is 2.22. The molecule has 3 nitrogen and oxygen atoms in total. The first-order valence-electron chi connectivity index (χ1n) is 6.46.